The molecular weight excluding hydrogens is 648 g/mol. The van der Waals surface area contributed by atoms with Crippen molar-refractivity contribution < 1.29 is 28.6 Å². The Morgan fingerprint density at radius 2 is 0.635 bits per heavy atom. The molecule has 0 heterocycles. The predicted molar refractivity (Wildman–Crippen MR) is 220 cm³/mol. The molecule has 0 aliphatic heterocycles. The van der Waals surface area contributed by atoms with Crippen LogP contribution < -0.4 is 0 Å². The molecule has 0 N–H and O–H groups in total. The maximum Gasteiger partial charge on any atom is 0.306 e. The van der Waals surface area contributed by atoms with E-state index in [4.69, 9.17) is 14.2 Å². The number of ether oxygens (including phenoxy) is 3. The van der Waals surface area contributed by atoms with Gasteiger partial charge in [0.2, 0.25) is 0 Å². The molecule has 0 aliphatic rings. The molecule has 308 valence electrons. The molecule has 0 aromatic carbocycles. The van der Waals surface area contributed by atoms with E-state index in [9.17, 15) is 14.4 Å². The van der Waals surface area contributed by atoms with Crippen molar-refractivity contribution in [3.05, 3.63) is 0 Å². The Bertz CT molecular complexity index is 781. The van der Waals surface area contributed by atoms with Crippen LogP contribution in [-0.4, -0.2) is 37.2 Å². The van der Waals surface area contributed by atoms with Crippen LogP contribution in [0.15, 0.2) is 0 Å². The summed E-state index contributed by atoms with van der Waals surface area (Å²) in [5.41, 5.74) is 0. The van der Waals surface area contributed by atoms with Crippen LogP contribution in [0, 0.1) is 5.92 Å². The monoisotopic (exact) mass is 737 g/mol. The van der Waals surface area contributed by atoms with Crippen LogP contribution in [0.4, 0.5) is 0 Å². The van der Waals surface area contributed by atoms with Gasteiger partial charge in [-0.15, -0.1) is 0 Å². The number of hydrogen-bond donors (Lipinski definition) is 0. The fourth-order valence-electron chi connectivity index (χ4n) is 6.80. The van der Waals surface area contributed by atoms with E-state index in [1.165, 1.54) is 148 Å². The van der Waals surface area contributed by atoms with Crippen molar-refractivity contribution in [2.24, 2.45) is 5.92 Å². The molecule has 0 rings (SSSR count). The van der Waals surface area contributed by atoms with E-state index >= 15 is 0 Å². The average Bonchev–Trinajstić information content (AvgIpc) is 3.12. The van der Waals surface area contributed by atoms with Gasteiger partial charge in [-0.1, -0.05) is 214 Å². The fourth-order valence-corrected chi connectivity index (χ4v) is 6.80. The van der Waals surface area contributed by atoms with E-state index in [-0.39, 0.29) is 31.1 Å². The number of unbranched alkanes of at least 4 members (excludes halogenated alkanes) is 28. The van der Waals surface area contributed by atoms with Gasteiger partial charge in [0.15, 0.2) is 6.10 Å². The molecule has 6 heteroatoms. The van der Waals surface area contributed by atoms with E-state index in [2.05, 4.69) is 27.7 Å². The normalized spacial score (nSPS) is 11.9. The highest BCUT2D eigenvalue weighted by atomic mass is 16.6. The molecule has 0 fully saturated rings. The van der Waals surface area contributed by atoms with Gasteiger partial charge in [0.05, 0.1) is 0 Å². The minimum absolute atomic E-state index is 0.0643. The first-order chi connectivity index (χ1) is 25.4. The van der Waals surface area contributed by atoms with Crippen LogP contribution in [0.25, 0.3) is 0 Å². The number of hydrogen-bond acceptors (Lipinski definition) is 6. The molecule has 0 amide bonds. The van der Waals surface area contributed by atoms with Crippen molar-refractivity contribution in [2.75, 3.05) is 13.2 Å². The Kier molecular flexibility index (Phi) is 39.4. The quantitative estimate of drug-likeness (QED) is 0.0353. The van der Waals surface area contributed by atoms with Crippen molar-refractivity contribution in [3.8, 4) is 0 Å². The van der Waals surface area contributed by atoms with Gasteiger partial charge in [-0.25, -0.2) is 0 Å². The van der Waals surface area contributed by atoms with Crippen molar-refractivity contribution in [1.82, 2.24) is 0 Å². The van der Waals surface area contributed by atoms with Gasteiger partial charge < -0.3 is 14.2 Å². The molecule has 0 aromatic heterocycles. The van der Waals surface area contributed by atoms with Crippen molar-refractivity contribution in [2.45, 2.75) is 259 Å². The van der Waals surface area contributed by atoms with Gasteiger partial charge >= 0.3 is 17.9 Å². The molecule has 0 saturated carbocycles. The smallest absolute Gasteiger partial charge is 0.306 e. The summed E-state index contributed by atoms with van der Waals surface area (Å²) in [7, 11) is 0. The summed E-state index contributed by atoms with van der Waals surface area (Å²) in [5, 5.41) is 0. The summed E-state index contributed by atoms with van der Waals surface area (Å²) in [4.78, 5) is 37.6. The van der Waals surface area contributed by atoms with Gasteiger partial charge in [-0.05, 0) is 25.2 Å². The Morgan fingerprint density at radius 1 is 0.365 bits per heavy atom. The van der Waals surface area contributed by atoms with Gasteiger partial charge in [-0.3, -0.25) is 14.4 Å². The first-order valence-corrected chi connectivity index (χ1v) is 22.9. The third-order valence-electron chi connectivity index (χ3n) is 10.3. The second kappa shape index (κ2) is 40.6. The van der Waals surface area contributed by atoms with Crippen molar-refractivity contribution in [1.29, 1.82) is 0 Å². The van der Waals surface area contributed by atoms with E-state index in [1.807, 2.05) is 0 Å². The minimum Gasteiger partial charge on any atom is -0.462 e. The maximum absolute atomic E-state index is 12.7. The molecule has 52 heavy (non-hydrogen) atoms. The summed E-state index contributed by atoms with van der Waals surface area (Å²) in [6.07, 6.45) is 39.5. The topological polar surface area (TPSA) is 78.9 Å². The predicted octanol–water partition coefficient (Wildman–Crippen LogP) is 14.3. The highest BCUT2D eigenvalue weighted by Crippen LogP contribution is 2.16. The van der Waals surface area contributed by atoms with Gasteiger partial charge in [0.25, 0.3) is 0 Å². The first-order valence-electron chi connectivity index (χ1n) is 22.9. The summed E-state index contributed by atoms with van der Waals surface area (Å²) in [6, 6.07) is 0. The molecule has 6 nitrogen and oxygen atoms in total. The molecule has 0 radical (unpaired) electrons. The molecule has 0 bridgehead atoms. The van der Waals surface area contributed by atoms with Crippen LogP contribution in [-0.2, 0) is 28.6 Å². The van der Waals surface area contributed by atoms with Crippen LogP contribution in [0.5, 0.6) is 0 Å². The molecule has 0 aliphatic carbocycles. The second-order valence-electron chi connectivity index (χ2n) is 16.2. The van der Waals surface area contributed by atoms with E-state index < -0.39 is 6.10 Å². The Hall–Kier alpha value is -1.59. The molecular formula is C46H88O6. The molecule has 0 unspecified atom stereocenters. The lowest BCUT2D eigenvalue weighted by Crippen LogP contribution is -2.30. The van der Waals surface area contributed by atoms with Crippen LogP contribution in [0.3, 0.4) is 0 Å². The zero-order valence-corrected chi connectivity index (χ0v) is 35.3. The largest absolute Gasteiger partial charge is 0.462 e. The molecule has 0 saturated heterocycles. The highest BCUT2D eigenvalue weighted by Gasteiger charge is 2.19. The van der Waals surface area contributed by atoms with Crippen LogP contribution in [0.2, 0.25) is 0 Å². The van der Waals surface area contributed by atoms with Crippen molar-refractivity contribution >= 4 is 17.9 Å². The maximum atomic E-state index is 12.7. The number of carbonyl (C=O) groups excluding carboxylic acids is 3. The van der Waals surface area contributed by atoms with Crippen molar-refractivity contribution in [3.63, 3.8) is 0 Å². The zero-order chi connectivity index (χ0) is 38.2. The molecule has 0 aromatic rings. The van der Waals surface area contributed by atoms with Gasteiger partial charge in [0.1, 0.15) is 13.2 Å². The third kappa shape index (κ3) is 39.6. The SMILES string of the molecule is CCCCCCCCCCCCCCCCC(=O)O[C@H](COC(=O)CCCCCCCCC)COC(=O)CCCCCCCCCCCCC(C)C. The van der Waals surface area contributed by atoms with E-state index in [1.54, 1.807) is 0 Å². The number of esters is 3. The van der Waals surface area contributed by atoms with Gasteiger partial charge in [-0.2, -0.15) is 0 Å². The number of carbonyl (C=O) groups is 3. The lowest BCUT2D eigenvalue weighted by Gasteiger charge is -2.18. The fraction of sp³-hybridized carbons (Fsp3) is 0.935. The zero-order valence-electron chi connectivity index (χ0n) is 35.3. The summed E-state index contributed by atoms with van der Waals surface area (Å²) in [5.74, 6) is -0.0413. The third-order valence-corrected chi connectivity index (χ3v) is 10.3. The second-order valence-corrected chi connectivity index (χ2v) is 16.2. The Morgan fingerprint density at radius 3 is 0.942 bits per heavy atom. The lowest BCUT2D eigenvalue weighted by molar-refractivity contribution is -0.167. The summed E-state index contributed by atoms with van der Waals surface area (Å²) >= 11 is 0. The van der Waals surface area contributed by atoms with Crippen LogP contribution >= 0.6 is 0 Å². The Balaban J connectivity index is 4.26. The molecule has 0 spiro atoms. The highest BCUT2D eigenvalue weighted by molar-refractivity contribution is 5.71. The van der Waals surface area contributed by atoms with E-state index in [0.717, 1.165) is 63.7 Å². The van der Waals surface area contributed by atoms with Crippen LogP contribution in [0.1, 0.15) is 252 Å². The Labute approximate surface area is 323 Å². The standard InChI is InChI=1S/C46H88O6/c1-5-7-9-11-13-14-15-16-17-18-23-27-31-35-39-46(49)52-43(40-50-44(47)37-33-29-24-12-10-8-6-2)41-51-45(48)38-34-30-26-22-20-19-21-25-28-32-36-42(3)4/h42-43H,5-41H2,1-4H3/t43-/m1/s1. The average molecular weight is 737 g/mol. The minimum atomic E-state index is -0.758. The lowest BCUT2D eigenvalue weighted by atomic mass is 10.0. The first kappa shape index (κ1) is 50.4. The molecule has 1 atom stereocenters. The summed E-state index contributed by atoms with van der Waals surface area (Å²) in [6.45, 7) is 8.95. The van der Waals surface area contributed by atoms with Gasteiger partial charge in [0, 0.05) is 19.3 Å². The number of rotatable bonds is 41. The van der Waals surface area contributed by atoms with E-state index in [0.29, 0.717) is 19.3 Å². The summed E-state index contributed by atoms with van der Waals surface area (Å²) < 4.78 is 16.7.